The molecule has 1 aromatic carbocycles. The van der Waals surface area contributed by atoms with Gasteiger partial charge in [0.2, 0.25) is 5.82 Å². The Labute approximate surface area is 194 Å². The largest absolute Gasteiger partial charge is 0.381 e. The first-order valence-corrected chi connectivity index (χ1v) is 11.5. The summed E-state index contributed by atoms with van der Waals surface area (Å²) in [6.07, 6.45) is 5.82. The highest BCUT2D eigenvalue weighted by atomic mass is 35.5. The average molecular weight is 467 g/mol. The Kier molecular flexibility index (Phi) is 5.85. The minimum Gasteiger partial charge on any atom is -0.381 e. The number of rotatable bonds is 5. The molecule has 1 aliphatic heterocycles. The molecule has 32 heavy (non-hydrogen) atoms. The van der Waals surface area contributed by atoms with Gasteiger partial charge in [0.05, 0.1) is 5.56 Å². The van der Waals surface area contributed by atoms with Crippen LogP contribution in [0.4, 0.5) is 0 Å². The molecule has 3 aromatic heterocycles. The zero-order valence-electron chi connectivity index (χ0n) is 17.8. The van der Waals surface area contributed by atoms with Gasteiger partial charge in [0.1, 0.15) is 5.15 Å². The van der Waals surface area contributed by atoms with Crippen molar-refractivity contribution in [2.75, 3.05) is 13.2 Å². The van der Waals surface area contributed by atoms with Crippen LogP contribution < -0.4 is 0 Å². The summed E-state index contributed by atoms with van der Waals surface area (Å²) in [5, 5.41) is 4.78. The van der Waals surface area contributed by atoms with E-state index in [1.807, 2.05) is 18.3 Å². The fraction of sp³-hybridized carbons (Fsp3) is 0.292. The molecule has 1 unspecified atom stereocenters. The lowest BCUT2D eigenvalue weighted by atomic mass is 9.90. The van der Waals surface area contributed by atoms with Crippen molar-refractivity contribution in [2.24, 2.45) is 0 Å². The first-order chi connectivity index (χ1) is 15.5. The van der Waals surface area contributed by atoms with Gasteiger partial charge in [-0.05, 0) is 43.0 Å². The van der Waals surface area contributed by atoms with Crippen molar-refractivity contribution in [3.05, 3.63) is 76.8 Å². The molecule has 1 atom stereocenters. The third-order valence-corrected chi connectivity index (χ3v) is 7.16. The second-order valence-electron chi connectivity index (χ2n) is 8.26. The van der Waals surface area contributed by atoms with Crippen LogP contribution in [-0.2, 0) is 16.4 Å². The van der Waals surface area contributed by atoms with Crippen molar-refractivity contribution >= 4 is 20.8 Å². The molecule has 8 heteroatoms. The molecule has 0 radical (unpaired) electrons. The van der Waals surface area contributed by atoms with E-state index < -0.39 is 0 Å². The summed E-state index contributed by atoms with van der Waals surface area (Å²) in [6, 6.07) is 14.3. The molecular formula is C24H24ClN4O2P. The highest BCUT2D eigenvalue weighted by molar-refractivity contribution is 7.18. The smallest absolute Gasteiger partial charge is 0.259 e. The monoisotopic (exact) mass is 466 g/mol. The van der Waals surface area contributed by atoms with Crippen molar-refractivity contribution in [3.8, 4) is 22.8 Å². The molecule has 4 aromatic rings. The summed E-state index contributed by atoms with van der Waals surface area (Å²) in [5.74, 6) is 1.09. The zero-order valence-corrected chi connectivity index (χ0v) is 19.7. The van der Waals surface area contributed by atoms with E-state index in [4.69, 9.17) is 20.9 Å². The molecule has 4 heterocycles. The predicted molar refractivity (Wildman–Crippen MR) is 128 cm³/mol. The Morgan fingerprint density at radius 2 is 1.88 bits per heavy atom. The molecule has 164 valence electrons. The Balaban J connectivity index is 1.34. The topological polar surface area (TPSA) is 66.0 Å². The van der Waals surface area contributed by atoms with E-state index in [2.05, 4.69) is 60.1 Å². The highest BCUT2D eigenvalue weighted by Gasteiger charge is 2.29. The van der Waals surface area contributed by atoms with E-state index in [0.29, 0.717) is 23.4 Å². The summed E-state index contributed by atoms with van der Waals surface area (Å²) in [7, 11) is 3.02. The third kappa shape index (κ3) is 4.36. The summed E-state index contributed by atoms with van der Waals surface area (Å²) in [5.41, 5.74) is 5.30. The van der Waals surface area contributed by atoms with Crippen LogP contribution in [0.15, 0.2) is 59.4 Å². The minimum absolute atomic E-state index is 0.0826. The lowest BCUT2D eigenvalue weighted by Crippen LogP contribution is -2.27. The van der Waals surface area contributed by atoms with Crippen molar-refractivity contribution in [1.82, 2.24) is 19.7 Å². The highest BCUT2D eigenvalue weighted by Crippen LogP contribution is 2.41. The quantitative estimate of drug-likeness (QED) is 0.287. The summed E-state index contributed by atoms with van der Waals surface area (Å²) < 4.78 is 13.2. The molecule has 1 fully saturated rings. The molecule has 0 N–H and O–H groups in total. The number of benzene rings is 1. The summed E-state index contributed by atoms with van der Waals surface area (Å²) in [4.78, 5) is 8.79. The van der Waals surface area contributed by atoms with E-state index in [1.165, 1.54) is 5.56 Å². The van der Waals surface area contributed by atoms with E-state index >= 15 is 0 Å². The molecule has 0 spiro atoms. The number of halogens is 1. The summed E-state index contributed by atoms with van der Waals surface area (Å²) >= 11 is 5.89. The predicted octanol–water partition coefficient (Wildman–Crippen LogP) is 5.49. The molecule has 0 aliphatic carbocycles. The number of hydrogen-bond acceptors (Lipinski definition) is 5. The second kappa shape index (κ2) is 8.78. The van der Waals surface area contributed by atoms with Gasteiger partial charge in [0, 0.05) is 48.6 Å². The SMILES string of the molecule is Cc1cc(-c2nc(-c3ccc(C4(P)CCOCC4)cc3)no2)cn1Cc1ccc(Cl)nc1. The van der Waals surface area contributed by atoms with Gasteiger partial charge in [-0.25, -0.2) is 4.98 Å². The molecule has 5 rings (SSSR count). The van der Waals surface area contributed by atoms with Crippen molar-refractivity contribution in [2.45, 2.75) is 31.5 Å². The summed E-state index contributed by atoms with van der Waals surface area (Å²) in [6.45, 7) is 4.35. The Hall–Kier alpha value is -2.53. The minimum atomic E-state index is 0.0826. The lowest BCUT2D eigenvalue weighted by Gasteiger charge is -2.33. The Bertz CT molecular complexity index is 1210. The van der Waals surface area contributed by atoms with Gasteiger partial charge in [-0.15, -0.1) is 9.24 Å². The number of pyridine rings is 1. The van der Waals surface area contributed by atoms with Gasteiger partial charge >= 0.3 is 0 Å². The van der Waals surface area contributed by atoms with Crippen LogP contribution in [0.3, 0.4) is 0 Å². The van der Waals surface area contributed by atoms with Gasteiger partial charge < -0.3 is 13.8 Å². The Morgan fingerprint density at radius 1 is 1.09 bits per heavy atom. The number of hydrogen-bond donors (Lipinski definition) is 0. The van der Waals surface area contributed by atoms with E-state index in [9.17, 15) is 0 Å². The standard InChI is InChI=1S/C24H24ClN4O2P/c1-16-12-19(15-29(16)14-17-2-7-21(25)26-13-17)23-27-22(28-31-23)18-3-5-20(6-4-18)24(32)8-10-30-11-9-24/h2-7,12-13,15H,8-11,14,32H2,1H3. The number of ether oxygens (including phenoxy) is 1. The van der Waals surface area contributed by atoms with Gasteiger partial charge in [-0.2, -0.15) is 4.98 Å². The first kappa shape index (κ1) is 21.3. The van der Waals surface area contributed by atoms with Gasteiger partial charge in [0.25, 0.3) is 5.89 Å². The second-order valence-corrected chi connectivity index (χ2v) is 9.75. The fourth-order valence-corrected chi connectivity index (χ4v) is 4.57. The molecular weight excluding hydrogens is 443 g/mol. The third-order valence-electron chi connectivity index (χ3n) is 6.03. The number of nitrogens with zero attached hydrogens (tertiary/aromatic N) is 4. The molecule has 1 saturated heterocycles. The maximum atomic E-state index is 5.89. The van der Waals surface area contributed by atoms with Crippen molar-refractivity contribution < 1.29 is 9.26 Å². The maximum absolute atomic E-state index is 5.89. The van der Waals surface area contributed by atoms with Crippen LogP contribution in [0.1, 0.15) is 29.7 Å². The first-order valence-electron chi connectivity index (χ1n) is 10.6. The van der Waals surface area contributed by atoms with Crippen LogP contribution in [0.25, 0.3) is 22.8 Å². The zero-order chi connectivity index (χ0) is 22.1. The normalized spacial score (nSPS) is 15.7. The molecule has 1 aliphatic rings. The van der Waals surface area contributed by atoms with E-state index in [0.717, 1.165) is 48.4 Å². The van der Waals surface area contributed by atoms with Gasteiger partial charge in [-0.1, -0.05) is 47.1 Å². The number of aryl methyl sites for hydroxylation is 1. The van der Waals surface area contributed by atoms with Crippen LogP contribution in [0.5, 0.6) is 0 Å². The van der Waals surface area contributed by atoms with Crippen LogP contribution >= 0.6 is 20.8 Å². The van der Waals surface area contributed by atoms with Crippen LogP contribution in [-0.4, -0.2) is 32.9 Å². The van der Waals surface area contributed by atoms with Crippen molar-refractivity contribution in [1.29, 1.82) is 0 Å². The maximum Gasteiger partial charge on any atom is 0.259 e. The molecule has 6 nitrogen and oxygen atoms in total. The fourth-order valence-electron chi connectivity index (χ4n) is 4.03. The molecule has 0 bridgehead atoms. The lowest BCUT2D eigenvalue weighted by molar-refractivity contribution is 0.0766. The molecule has 0 saturated carbocycles. The van der Waals surface area contributed by atoms with E-state index in [1.54, 1.807) is 12.3 Å². The Morgan fingerprint density at radius 3 is 2.59 bits per heavy atom. The molecule has 0 amide bonds. The average Bonchev–Trinajstić information content (AvgIpc) is 3.43. The van der Waals surface area contributed by atoms with Gasteiger partial charge in [0.15, 0.2) is 0 Å². The van der Waals surface area contributed by atoms with E-state index in [-0.39, 0.29) is 5.16 Å². The van der Waals surface area contributed by atoms with Crippen LogP contribution in [0, 0.1) is 6.92 Å². The number of aromatic nitrogens is 4. The van der Waals surface area contributed by atoms with Crippen molar-refractivity contribution in [3.63, 3.8) is 0 Å². The van der Waals surface area contributed by atoms with Gasteiger partial charge in [-0.3, -0.25) is 0 Å². The van der Waals surface area contributed by atoms with Crippen LogP contribution in [0.2, 0.25) is 5.15 Å².